The molecule has 0 amide bonds. The molecule has 2 unspecified atom stereocenters. The summed E-state index contributed by atoms with van der Waals surface area (Å²) in [5, 5.41) is 29.7. The van der Waals surface area contributed by atoms with Crippen LogP contribution in [0.2, 0.25) is 0 Å². The van der Waals surface area contributed by atoms with Gasteiger partial charge < -0.3 is 20.6 Å². The molecular formula is C30H35N5O3. The van der Waals surface area contributed by atoms with Gasteiger partial charge in [0.2, 0.25) is 0 Å². The molecule has 3 N–H and O–H groups in total. The Morgan fingerprint density at radius 1 is 1.13 bits per heavy atom. The van der Waals surface area contributed by atoms with Crippen LogP contribution in [0.25, 0.3) is 11.1 Å². The highest BCUT2D eigenvalue weighted by molar-refractivity contribution is 6.18. The minimum Gasteiger partial charge on any atom is -0.493 e. The summed E-state index contributed by atoms with van der Waals surface area (Å²) in [6.07, 6.45) is 9.04. The van der Waals surface area contributed by atoms with Crippen molar-refractivity contribution in [1.29, 1.82) is 5.41 Å². The van der Waals surface area contributed by atoms with Crippen LogP contribution in [0.1, 0.15) is 57.1 Å². The van der Waals surface area contributed by atoms with E-state index in [2.05, 4.69) is 27.8 Å². The van der Waals surface area contributed by atoms with Crippen molar-refractivity contribution in [3.05, 3.63) is 71.7 Å². The lowest BCUT2D eigenvalue weighted by Gasteiger charge is -2.21. The van der Waals surface area contributed by atoms with Crippen LogP contribution in [-0.4, -0.2) is 38.4 Å². The van der Waals surface area contributed by atoms with Crippen molar-refractivity contribution < 1.29 is 14.6 Å². The number of carbonyl (C=O) groups is 1. The molecule has 1 heterocycles. The van der Waals surface area contributed by atoms with Crippen molar-refractivity contribution in [2.75, 3.05) is 11.9 Å². The molecule has 2 aromatic carbocycles. The number of carboxylic acid groups (broad SMARTS) is 1. The number of anilines is 1. The molecule has 0 spiro atoms. The van der Waals surface area contributed by atoms with Gasteiger partial charge in [-0.1, -0.05) is 48.7 Å². The first-order valence-electron chi connectivity index (χ1n) is 13.4. The molecule has 5 rings (SSSR count). The molecule has 2 atom stereocenters. The fourth-order valence-electron chi connectivity index (χ4n) is 5.46. The second-order valence-corrected chi connectivity index (χ2v) is 10.5. The number of nitrogens with zero attached hydrogens (tertiary/aromatic N) is 3. The van der Waals surface area contributed by atoms with Gasteiger partial charge in [0.1, 0.15) is 5.75 Å². The average molecular weight is 514 g/mol. The number of hydrogen-bond donors (Lipinski definition) is 3. The molecule has 2 saturated carbocycles. The number of aryl methyl sites for hydroxylation is 1. The SMILES string of the molecule is CC(=N)/C(C(=O)O)=C(\Nc1cccc(-c2cccc(OCC3CCCCC3)c2)c1)C1CC1c1cn(C)nn1. The third kappa shape index (κ3) is 5.96. The number of carboxylic acids is 1. The Bertz CT molecular complexity index is 1340. The maximum absolute atomic E-state index is 12.2. The maximum atomic E-state index is 12.2. The molecule has 0 aliphatic heterocycles. The van der Waals surface area contributed by atoms with Gasteiger partial charge in [0.15, 0.2) is 0 Å². The normalized spacial score (nSPS) is 19.9. The standard InChI is InChI=1S/C30H35N5O3/c1-19(31)28(30(36)37)29(26-16-25(26)27-17-35(2)34-33-27)32-23-12-6-10-21(14-23)22-11-7-13-24(15-22)38-18-20-8-4-3-5-9-20/h6-7,10-15,17,20,25-26,31-32H,3-5,8-9,16,18H2,1-2H3,(H,36,37)/b29-28+,31-19?. The van der Waals surface area contributed by atoms with E-state index in [0.29, 0.717) is 11.6 Å². The van der Waals surface area contributed by atoms with Crippen LogP contribution in [0.5, 0.6) is 5.75 Å². The highest BCUT2D eigenvalue weighted by Crippen LogP contribution is 2.52. The number of nitrogens with one attached hydrogen (secondary N) is 2. The second-order valence-electron chi connectivity index (χ2n) is 10.5. The van der Waals surface area contributed by atoms with Gasteiger partial charge in [0.05, 0.1) is 17.9 Å². The van der Waals surface area contributed by atoms with Crippen molar-refractivity contribution in [1.82, 2.24) is 15.0 Å². The van der Waals surface area contributed by atoms with Crippen LogP contribution >= 0.6 is 0 Å². The predicted octanol–water partition coefficient (Wildman–Crippen LogP) is 6.04. The monoisotopic (exact) mass is 513 g/mol. The molecule has 2 aliphatic carbocycles. The molecule has 8 nitrogen and oxygen atoms in total. The first-order chi connectivity index (χ1) is 18.4. The van der Waals surface area contributed by atoms with Crippen molar-refractivity contribution in [3.63, 3.8) is 0 Å². The summed E-state index contributed by atoms with van der Waals surface area (Å²) in [4.78, 5) is 12.2. The molecule has 198 valence electrons. The van der Waals surface area contributed by atoms with Crippen molar-refractivity contribution >= 4 is 17.4 Å². The number of benzene rings is 2. The number of aliphatic carboxylic acids is 1. The highest BCUT2D eigenvalue weighted by Gasteiger charge is 2.45. The third-order valence-electron chi connectivity index (χ3n) is 7.54. The Labute approximate surface area is 223 Å². The maximum Gasteiger partial charge on any atom is 0.339 e. The summed E-state index contributed by atoms with van der Waals surface area (Å²) in [5.41, 5.74) is 4.21. The van der Waals surface area contributed by atoms with E-state index in [4.69, 9.17) is 10.1 Å². The number of rotatable bonds is 10. The first kappa shape index (κ1) is 25.7. The van der Waals surface area contributed by atoms with Crippen molar-refractivity contribution in [2.45, 2.75) is 51.4 Å². The zero-order valence-electron chi connectivity index (χ0n) is 22.0. The van der Waals surface area contributed by atoms with Crippen LogP contribution in [0.15, 0.2) is 66.0 Å². The number of hydrogen-bond acceptors (Lipinski definition) is 6. The fraction of sp³-hybridized carbons (Fsp3) is 0.400. The molecule has 1 aromatic heterocycles. The molecule has 0 radical (unpaired) electrons. The second kappa shape index (κ2) is 11.2. The lowest BCUT2D eigenvalue weighted by Crippen LogP contribution is -2.18. The summed E-state index contributed by atoms with van der Waals surface area (Å²) >= 11 is 0. The minimum absolute atomic E-state index is 0.00454. The van der Waals surface area contributed by atoms with E-state index in [-0.39, 0.29) is 23.1 Å². The van der Waals surface area contributed by atoms with Crippen LogP contribution in [-0.2, 0) is 11.8 Å². The van der Waals surface area contributed by atoms with Crippen LogP contribution in [0, 0.1) is 17.2 Å². The smallest absolute Gasteiger partial charge is 0.339 e. The zero-order valence-corrected chi connectivity index (χ0v) is 22.0. The van der Waals surface area contributed by atoms with Gasteiger partial charge in [-0.25, -0.2) is 4.79 Å². The minimum atomic E-state index is -1.11. The Hall–Kier alpha value is -3.94. The molecule has 0 bridgehead atoms. The van der Waals surface area contributed by atoms with Crippen LogP contribution < -0.4 is 10.1 Å². The first-order valence-corrected chi connectivity index (χ1v) is 13.4. The Kier molecular flexibility index (Phi) is 7.58. The van der Waals surface area contributed by atoms with E-state index in [1.807, 2.05) is 49.6 Å². The number of ether oxygens (including phenoxy) is 1. The Morgan fingerprint density at radius 3 is 2.55 bits per heavy atom. The van der Waals surface area contributed by atoms with E-state index >= 15 is 0 Å². The van der Waals surface area contributed by atoms with Gasteiger partial charge in [0.25, 0.3) is 0 Å². The van der Waals surface area contributed by atoms with Gasteiger partial charge in [-0.15, -0.1) is 5.10 Å². The van der Waals surface area contributed by atoms with Gasteiger partial charge in [0, 0.05) is 42.2 Å². The molecule has 8 heteroatoms. The Balaban J connectivity index is 1.37. The lowest BCUT2D eigenvalue weighted by molar-refractivity contribution is -0.132. The number of aromatic nitrogens is 3. The van der Waals surface area contributed by atoms with E-state index in [1.165, 1.54) is 39.0 Å². The topological polar surface area (TPSA) is 113 Å². The van der Waals surface area contributed by atoms with Gasteiger partial charge in [-0.05, 0) is 67.5 Å². The summed E-state index contributed by atoms with van der Waals surface area (Å²) in [6, 6.07) is 16.1. The van der Waals surface area contributed by atoms with Crippen LogP contribution in [0.4, 0.5) is 5.69 Å². The summed E-state index contributed by atoms with van der Waals surface area (Å²) in [6.45, 7) is 2.27. The van der Waals surface area contributed by atoms with E-state index < -0.39 is 5.97 Å². The van der Waals surface area contributed by atoms with E-state index in [9.17, 15) is 9.90 Å². The molecule has 38 heavy (non-hydrogen) atoms. The lowest BCUT2D eigenvalue weighted by atomic mass is 9.90. The van der Waals surface area contributed by atoms with Gasteiger partial charge >= 0.3 is 5.97 Å². The van der Waals surface area contributed by atoms with E-state index in [1.54, 1.807) is 4.68 Å². The molecule has 2 aliphatic rings. The van der Waals surface area contributed by atoms with E-state index in [0.717, 1.165) is 41.3 Å². The molecule has 2 fully saturated rings. The zero-order chi connectivity index (χ0) is 26.6. The summed E-state index contributed by atoms with van der Waals surface area (Å²) < 4.78 is 7.81. The quantitative estimate of drug-likeness (QED) is 0.225. The van der Waals surface area contributed by atoms with Crippen molar-refractivity contribution in [3.8, 4) is 16.9 Å². The fourth-order valence-corrected chi connectivity index (χ4v) is 5.46. The van der Waals surface area contributed by atoms with Crippen LogP contribution in [0.3, 0.4) is 0 Å². The van der Waals surface area contributed by atoms with Crippen molar-refractivity contribution in [2.24, 2.45) is 18.9 Å². The summed E-state index contributed by atoms with van der Waals surface area (Å²) in [7, 11) is 1.81. The largest absolute Gasteiger partial charge is 0.493 e. The van der Waals surface area contributed by atoms with Gasteiger partial charge in [-0.2, -0.15) is 0 Å². The Morgan fingerprint density at radius 2 is 1.87 bits per heavy atom. The molecule has 0 saturated heterocycles. The average Bonchev–Trinajstić information content (AvgIpc) is 3.59. The van der Waals surface area contributed by atoms with Gasteiger partial charge in [-0.3, -0.25) is 4.68 Å². The highest BCUT2D eigenvalue weighted by atomic mass is 16.5. The summed E-state index contributed by atoms with van der Waals surface area (Å²) in [5.74, 6) is 0.395. The predicted molar refractivity (Wildman–Crippen MR) is 147 cm³/mol. The molecular weight excluding hydrogens is 478 g/mol. The third-order valence-corrected chi connectivity index (χ3v) is 7.54. The number of allylic oxidation sites excluding steroid dienone is 1. The molecule has 3 aromatic rings.